The molecular formula is C16H24N2O2. The fourth-order valence-corrected chi connectivity index (χ4v) is 3.74. The van der Waals surface area contributed by atoms with E-state index in [0.29, 0.717) is 5.92 Å². The summed E-state index contributed by atoms with van der Waals surface area (Å²) in [5.41, 5.74) is 1.14. The second-order valence-corrected chi connectivity index (χ2v) is 6.21. The van der Waals surface area contributed by atoms with Gasteiger partial charge in [0, 0.05) is 25.3 Å². The van der Waals surface area contributed by atoms with E-state index in [0.717, 1.165) is 51.0 Å². The first-order valence-electron chi connectivity index (χ1n) is 8.08. The van der Waals surface area contributed by atoms with Crippen molar-refractivity contribution < 1.29 is 9.59 Å². The van der Waals surface area contributed by atoms with Gasteiger partial charge >= 0.3 is 11.8 Å². The van der Waals surface area contributed by atoms with Gasteiger partial charge in [0.25, 0.3) is 0 Å². The van der Waals surface area contributed by atoms with Crippen LogP contribution >= 0.6 is 0 Å². The number of rotatable bonds is 0. The van der Waals surface area contributed by atoms with Gasteiger partial charge in [0.15, 0.2) is 0 Å². The molecule has 2 amide bonds. The summed E-state index contributed by atoms with van der Waals surface area (Å²) < 4.78 is 0. The van der Waals surface area contributed by atoms with Gasteiger partial charge in [-0.1, -0.05) is 6.08 Å². The van der Waals surface area contributed by atoms with Crippen molar-refractivity contribution in [2.24, 2.45) is 5.92 Å². The summed E-state index contributed by atoms with van der Waals surface area (Å²) in [6.45, 7) is 2.22. The van der Waals surface area contributed by atoms with Crippen molar-refractivity contribution >= 4 is 11.8 Å². The smallest absolute Gasteiger partial charge is 0.316 e. The molecule has 1 unspecified atom stereocenters. The fraction of sp³-hybridized carbons (Fsp3) is 0.750. The zero-order valence-electron chi connectivity index (χ0n) is 12.1. The van der Waals surface area contributed by atoms with Crippen LogP contribution in [0.1, 0.15) is 51.4 Å². The number of amides is 2. The Morgan fingerprint density at radius 3 is 2.45 bits per heavy atom. The van der Waals surface area contributed by atoms with Crippen molar-refractivity contribution in [3.63, 3.8) is 0 Å². The molecular weight excluding hydrogens is 252 g/mol. The zero-order valence-corrected chi connectivity index (χ0v) is 12.1. The molecule has 2 aliphatic heterocycles. The molecule has 4 nitrogen and oxygen atoms in total. The Labute approximate surface area is 120 Å². The number of likely N-dealkylation sites (tertiary alicyclic amines) is 2. The number of nitrogens with zero attached hydrogens (tertiary/aromatic N) is 2. The Balaban J connectivity index is 1.71. The maximum atomic E-state index is 12.5. The summed E-state index contributed by atoms with van der Waals surface area (Å²) >= 11 is 0. The first-order valence-corrected chi connectivity index (χ1v) is 8.08. The normalized spacial score (nSPS) is 26.8. The van der Waals surface area contributed by atoms with Crippen LogP contribution in [0.5, 0.6) is 0 Å². The largest absolute Gasteiger partial charge is 0.334 e. The minimum absolute atomic E-state index is 0.281. The van der Waals surface area contributed by atoms with Gasteiger partial charge in [-0.3, -0.25) is 9.59 Å². The molecule has 1 atom stereocenters. The van der Waals surface area contributed by atoms with Gasteiger partial charge in [-0.2, -0.15) is 0 Å². The molecule has 0 bridgehead atoms. The van der Waals surface area contributed by atoms with E-state index in [9.17, 15) is 9.59 Å². The number of fused-ring (bicyclic) bond motifs is 1. The van der Waals surface area contributed by atoms with Crippen molar-refractivity contribution in [3.8, 4) is 0 Å². The minimum atomic E-state index is -0.287. The maximum Gasteiger partial charge on any atom is 0.316 e. The van der Waals surface area contributed by atoms with Crippen LogP contribution in [0.3, 0.4) is 0 Å². The van der Waals surface area contributed by atoms with Gasteiger partial charge in [-0.05, 0) is 57.3 Å². The second-order valence-electron chi connectivity index (χ2n) is 6.21. The lowest BCUT2D eigenvalue weighted by atomic mass is 9.85. The molecule has 0 aromatic rings. The monoisotopic (exact) mass is 276 g/mol. The van der Waals surface area contributed by atoms with Crippen molar-refractivity contribution in [3.05, 3.63) is 11.8 Å². The lowest BCUT2D eigenvalue weighted by Gasteiger charge is -2.38. The van der Waals surface area contributed by atoms with Crippen LogP contribution in [0, 0.1) is 5.92 Å². The van der Waals surface area contributed by atoms with Gasteiger partial charge in [-0.25, -0.2) is 0 Å². The van der Waals surface area contributed by atoms with Gasteiger partial charge in [0.2, 0.25) is 0 Å². The Kier molecular flexibility index (Phi) is 4.08. The highest BCUT2D eigenvalue weighted by molar-refractivity contribution is 6.35. The highest BCUT2D eigenvalue weighted by Crippen LogP contribution is 2.35. The Morgan fingerprint density at radius 2 is 1.65 bits per heavy atom. The van der Waals surface area contributed by atoms with Gasteiger partial charge in [0.05, 0.1) is 0 Å². The molecule has 0 N–H and O–H groups in total. The van der Waals surface area contributed by atoms with E-state index < -0.39 is 0 Å². The van der Waals surface area contributed by atoms with Crippen LogP contribution in [0.25, 0.3) is 0 Å². The van der Waals surface area contributed by atoms with Crippen LogP contribution in [0.2, 0.25) is 0 Å². The van der Waals surface area contributed by atoms with E-state index in [1.807, 2.05) is 0 Å². The van der Waals surface area contributed by atoms with Crippen molar-refractivity contribution in [1.29, 1.82) is 0 Å². The maximum absolute atomic E-state index is 12.5. The molecule has 0 aromatic heterocycles. The van der Waals surface area contributed by atoms with Crippen LogP contribution in [0.15, 0.2) is 11.8 Å². The van der Waals surface area contributed by atoms with Crippen molar-refractivity contribution in [2.45, 2.75) is 51.4 Å². The van der Waals surface area contributed by atoms with E-state index in [1.165, 1.54) is 25.7 Å². The first kappa shape index (κ1) is 13.7. The molecule has 1 aliphatic carbocycles. The third-order valence-corrected chi connectivity index (χ3v) is 4.85. The van der Waals surface area contributed by atoms with Crippen LogP contribution in [-0.4, -0.2) is 41.2 Å². The zero-order chi connectivity index (χ0) is 13.9. The summed E-state index contributed by atoms with van der Waals surface area (Å²) in [6, 6.07) is 0. The molecule has 110 valence electrons. The number of carbonyl (C=O) groups is 2. The van der Waals surface area contributed by atoms with Crippen molar-refractivity contribution in [1.82, 2.24) is 9.80 Å². The number of allylic oxidation sites excluding steroid dienone is 2. The van der Waals surface area contributed by atoms with Crippen LogP contribution < -0.4 is 0 Å². The molecule has 0 spiro atoms. The molecule has 0 radical (unpaired) electrons. The summed E-state index contributed by atoms with van der Waals surface area (Å²) in [5, 5.41) is 0. The first-order chi connectivity index (χ1) is 9.77. The quantitative estimate of drug-likeness (QED) is 0.637. The summed E-state index contributed by atoms with van der Waals surface area (Å²) in [6.07, 6.45) is 11.1. The standard InChI is InChI=1S/C16H24N2O2/c19-15(17-10-4-1-5-11-17)16(20)18-12-6-8-13-7-2-3-9-14(13)18/h9,13H,1-8,10-12H2. The molecule has 0 aromatic carbocycles. The average Bonchev–Trinajstić information content (AvgIpc) is 2.54. The third kappa shape index (κ3) is 2.60. The van der Waals surface area contributed by atoms with E-state index in [4.69, 9.17) is 0 Å². The molecule has 2 saturated heterocycles. The minimum Gasteiger partial charge on any atom is -0.334 e. The molecule has 0 saturated carbocycles. The molecule has 4 heteroatoms. The Morgan fingerprint density at radius 1 is 0.900 bits per heavy atom. The van der Waals surface area contributed by atoms with E-state index in [1.54, 1.807) is 9.80 Å². The summed E-state index contributed by atoms with van der Waals surface area (Å²) in [5.74, 6) is -0.0582. The van der Waals surface area contributed by atoms with Gasteiger partial charge < -0.3 is 9.80 Å². The number of hydrogen-bond donors (Lipinski definition) is 0. The predicted molar refractivity (Wildman–Crippen MR) is 76.8 cm³/mol. The van der Waals surface area contributed by atoms with Crippen LogP contribution in [0.4, 0.5) is 0 Å². The summed E-state index contributed by atoms with van der Waals surface area (Å²) in [7, 11) is 0. The highest BCUT2D eigenvalue weighted by atomic mass is 16.2. The summed E-state index contributed by atoms with van der Waals surface area (Å²) in [4.78, 5) is 28.5. The predicted octanol–water partition coefficient (Wildman–Crippen LogP) is 2.31. The molecule has 20 heavy (non-hydrogen) atoms. The van der Waals surface area contributed by atoms with E-state index >= 15 is 0 Å². The topological polar surface area (TPSA) is 40.6 Å². The average molecular weight is 276 g/mol. The number of carbonyl (C=O) groups excluding carboxylic acids is 2. The number of piperidine rings is 2. The SMILES string of the molecule is O=C(C(=O)N1CCCC2CCCC=C21)N1CCCCC1. The molecule has 2 heterocycles. The molecule has 3 aliphatic rings. The van der Waals surface area contributed by atoms with Gasteiger partial charge in [0.1, 0.15) is 0 Å². The second kappa shape index (κ2) is 5.98. The fourth-order valence-electron chi connectivity index (χ4n) is 3.74. The number of hydrogen-bond acceptors (Lipinski definition) is 2. The Bertz CT molecular complexity index is 424. The van der Waals surface area contributed by atoms with Gasteiger partial charge in [-0.15, -0.1) is 0 Å². The van der Waals surface area contributed by atoms with Crippen molar-refractivity contribution in [2.75, 3.05) is 19.6 Å². The molecule has 2 fully saturated rings. The van der Waals surface area contributed by atoms with E-state index in [-0.39, 0.29) is 11.8 Å². The lowest BCUT2D eigenvalue weighted by molar-refractivity contribution is -0.152. The third-order valence-electron chi connectivity index (χ3n) is 4.85. The van der Waals surface area contributed by atoms with Crippen LogP contribution in [-0.2, 0) is 9.59 Å². The lowest BCUT2D eigenvalue weighted by Crippen LogP contribution is -2.49. The highest BCUT2D eigenvalue weighted by Gasteiger charge is 2.35. The molecule has 3 rings (SSSR count). The van der Waals surface area contributed by atoms with E-state index in [2.05, 4.69) is 6.08 Å². The Hall–Kier alpha value is -1.32.